The molecule has 116 valence electrons. The van der Waals surface area contributed by atoms with E-state index in [0.717, 1.165) is 26.2 Å². The van der Waals surface area contributed by atoms with Gasteiger partial charge in [-0.05, 0) is 24.0 Å². The van der Waals surface area contributed by atoms with Crippen molar-refractivity contribution in [1.82, 2.24) is 10.2 Å². The van der Waals surface area contributed by atoms with Crippen LogP contribution in [0.2, 0.25) is 0 Å². The highest BCUT2D eigenvalue weighted by Gasteiger charge is 2.25. The minimum Gasteiger partial charge on any atom is -0.368 e. The maximum atomic E-state index is 11.9. The molecule has 0 unspecified atom stereocenters. The third-order valence-corrected chi connectivity index (χ3v) is 3.95. The van der Waals surface area contributed by atoms with E-state index >= 15 is 0 Å². The summed E-state index contributed by atoms with van der Waals surface area (Å²) in [5.74, 6) is 0. The van der Waals surface area contributed by atoms with E-state index in [9.17, 15) is 4.79 Å². The molecule has 1 aromatic rings. The Morgan fingerprint density at radius 3 is 2.33 bits per heavy atom. The maximum absolute atomic E-state index is 11.9. The van der Waals surface area contributed by atoms with Crippen LogP contribution in [0.15, 0.2) is 24.3 Å². The van der Waals surface area contributed by atoms with Crippen LogP contribution < -0.4 is 10.2 Å². The summed E-state index contributed by atoms with van der Waals surface area (Å²) >= 11 is 0. The van der Waals surface area contributed by atoms with Gasteiger partial charge < -0.3 is 15.1 Å². The minimum atomic E-state index is 0.0567. The van der Waals surface area contributed by atoms with Gasteiger partial charge in [0.2, 0.25) is 0 Å². The van der Waals surface area contributed by atoms with E-state index in [-0.39, 0.29) is 11.4 Å². The lowest BCUT2D eigenvalue weighted by atomic mass is 9.85. The molecule has 0 bridgehead atoms. The molecule has 1 aliphatic heterocycles. The molecule has 0 atom stereocenters. The number of anilines is 1. The molecule has 4 heteroatoms. The van der Waals surface area contributed by atoms with Crippen LogP contribution in [0.3, 0.4) is 0 Å². The number of rotatable bonds is 2. The minimum absolute atomic E-state index is 0.0567. The number of nitrogens with one attached hydrogen (secondary N) is 1. The molecule has 1 N–H and O–H groups in total. The van der Waals surface area contributed by atoms with Crippen LogP contribution in [0.4, 0.5) is 10.5 Å². The fourth-order valence-electron chi connectivity index (χ4n) is 2.80. The highest BCUT2D eigenvalue weighted by atomic mass is 16.2. The van der Waals surface area contributed by atoms with Gasteiger partial charge in [-0.15, -0.1) is 0 Å². The molecule has 2 amide bonds. The van der Waals surface area contributed by atoms with E-state index in [0.29, 0.717) is 6.54 Å². The van der Waals surface area contributed by atoms with Gasteiger partial charge in [0.15, 0.2) is 0 Å². The van der Waals surface area contributed by atoms with Gasteiger partial charge in [0, 0.05) is 38.4 Å². The number of amides is 2. The number of piperazine rings is 1. The van der Waals surface area contributed by atoms with Crippen molar-refractivity contribution >= 4 is 11.7 Å². The number of hydrogen-bond acceptors (Lipinski definition) is 2. The number of urea groups is 1. The van der Waals surface area contributed by atoms with Crippen LogP contribution in [0, 0.1) is 0 Å². The predicted molar refractivity (Wildman–Crippen MR) is 88.0 cm³/mol. The monoisotopic (exact) mass is 289 g/mol. The SMILES string of the molecule is CCNC(=O)N1CCN(c2ccccc2C(C)(C)C)CC1. The molecule has 1 heterocycles. The molecule has 1 saturated heterocycles. The fourth-order valence-corrected chi connectivity index (χ4v) is 2.80. The Labute approximate surface area is 128 Å². The molecule has 0 aliphatic carbocycles. The second-order valence-corrected chi connectivity index (χ2v) is 6.58. The van der Waals surface area contributed by atoms with E-state index < -0.39 is 0 Å². The summed E-state index contributed by atoms with van der Waals surface area (Å²) in [6.07, 6.45) is 0. The van der Waals surface area contributed by atoms with Gasteiger partial charge in [0.25, 0.3) is 0 Å². The number of para-hydroxylation sites is 1. The lowest BCUT2D eigenvalue weighted by molar-refractivity contribution is 0.195. The Balaban J connectivity index is 2.08. The van der Waals surface area contributed by atoms with Gasteiger partial charge in [-0.3, -0.25) is 0 Å². The highest BCUT2D eigenvalue weighted by molar-refractivity contribution is 5.74. The first-order valence-electron chi connectivity index (χ1n) is 7.80. The molecule has 1 aliphatic rings. The van der Waals surface area contributed by atoms with Crippen LogP contribution >= 0.6 is 0 Å². The summed E-state index contributed by atoms with van der Waals surface area (Å²) in [5.41, 5.74) is 2.81. The first kappa shape index (κ1) is 15.7. The lowest BCUT2D eigenvalue weighted by Gasteiger charge is -2.38. The van der Waals surface area contributed by atoms with Gasteiger partial charge >= 0.3 is 6.03 Å². The third kappa shape index (κ3) is 3.69. The van der Waals surface area contributed by atoms with Crippen LogP contribution in [0.1, 0.15) is 33.3 Å². The van der Waals surface area contributed by atoms with Crippen molar-refractivity contribution in [2.75, 3.05) is 37.6 Å². The van der Waals surface area contributed by atoms with Crippen molar-refractivity contribution in [3.05, 3.63) is 29.8 Å². The molecular formula is C17H27N3O. The Bertz CT molecular complexity index is 485. The summed E-state index contributed by atoms with van der Waals surface area (Å²) in [5, 5.41) is 2.87. The first-order chi connectivity index (χ1) is 9.93. The van der Waals surface area contributed by atoms with Crippen molar-refractivity contribution in [2.24, 2.45) is 0 Å². The molecular weight excluding hydrogens is 262 g/mol. The van der Waals surface area contributed by atoms with Crippen LogP contribution in [-0.2, 0) is 5.41 Å². The van der Waals surface area contributed by atoms with Crippen molar-refractivity contribution in [3.8, 4) is 0 Å². The summed E-state index contributed by atoms with van der Waals surface area (Å²) in [7, 11) is 0. The number of nitrogens with zero attached hydrogens (tertiary/aromatic N) is 2. The Morgan fingerprint density at radius 2 is 1.76 bits per heavy atom. The quantitative estimate of drug-likeness (QED) is 0.908. The average molecular weight is 289 g/mol. The standard InChI is InChI=1S/C17H27N3O/c1-5-18-16(21)20-12-10-19(11-13-20)15-9-7-6-8-14(15)17(2,3)4/h6-9H,5,10-13H2,1-4H3,(H,18,21). The third-order valence-electron chi connectivity index (χ3n) is 3.95. The predicted octanol–water partition coefficient (Wildman–Crippen LogP) is 2.84. The van der Waals surface area contributed by atoms with Gasteiger partial charge in [-0.1, -0.05) is 39.0 Å². The van der Waals surface area contributed by atoms with Crippen molar-refractivity contribution in [1.29, 1.82) is 0 Å². The maximum Gasteiger partial charge on any atom is 0.317 e. The van der Waals surface area contributed by atoms with Crippen molar-refractivity contribution in [2.45, 2.75) is 33.1 Å². The van der Waals surface area contributed by atoms with Crippen molar-refractivity contribution in [3.63, 3.8) is 0 Å². The number of carbonyl (C=O) groups is 1. The Kier molecular flexibility index (Phi) is 4.76. The highest BCUT2D eigenvalue weighted by Crippen LogP contribution is 2.32. The lowest BCUT2D eigenvalue weighted by Crippen LogP contribution is -2.52. The zero-order valence-electron chi connectivity index (χ0n) is 13.6. The number of benzene rings is 1. The molecule has 21 heavy (non-hydrogen) atoms. The summed E-state index contributed by atoms with van der Waals surface area (Å²) in [4.78, 5) is 16.2. The molecule has 0 spiro atoms. The first-order valence-corrected chi connectivity index (χ1v) is 7.80. The van der Waals surface area contributed by atoms with Crippen LogP contribution in [0.25, 0.3) is 0 Å². The van der Waals surface area contributed by atoms with E-state index in [1.54, 1.807) is 0 Å². The number of carbonyl (C=O) groups excluding carboxylic acids is 1. The smallest absolute Gasteiger partial charge is 0.317 e. The molecule has 1 fully saturated rings. The molecule has 0 aromatic heterocycles. The van der Waals surface area contributed by atoms with Gasteiger partial charge in [-0.25, -0.2) is 4.79 Å². The van der Waals surface area contributed by atoms with Gasteiger partial charge in [0.05, 0.1) is 0 Å². The van der Waals surface area contributed by atoms with Gasteiger partial charge in [0.1, 0.15) is 0 Å². The summed E-state index contributed by atoms with van der Waals surface area (Å²) in [6, 6.07) is 8.67. The normalized spacial score (nSPS) is 16.0. The molecule has 2 rings (SSSR count). The second-order valence-electron chi connectivity index (χ2n) is 6.58. The Hall–Kier alpha value is -1.71. The van der Waals surface area contributed by atoms with E-state index in [1.807, 2.05) is 11.8 Å². The molecule has 0 saturated carbocycles. The largest absolute Gasteiger partial charge is 0.368 e. The topological polar surface area (TPSA) is 35.6 Å². The van der Waals surface area contributed by atoms with Crippen LogP contribution in [0.5, 0.6) is 0 Å². The zero-order valence-corrected chi connectivity index (χ0v) is 13.6. The molecule has 1 aromatic carbocycles. The molecule has 0 radical (unpaired) electrons. The van der Waals surface area contributed by atoms with E-state index in [2.05, 4.69) is 55.3 Å². The Morgan fingerprint density at radius 1 is 1.14 bits per heavy atom. The summed E-state index contributed by atoms with van der Waals surface area (Å²) in [6.45, 7) is 12.7. The van der Waals surface area contributed by atoms with E-state index in [4.69, 9.17) is 0 Å². The van der Waals surface area contributed by atoms with E-state index in [1.165, 1.54) is 11.3 Å². The van der Waals surface area contributed by atoms with Crippen molar-refractivity contribution < 1.29 is 4.79 Å². The van der Waals surface area contributed by atoms with Crippen LogP contribution in [-0.4, -0.2) is 43.7 Å². The molecule has 4 nitrogen and oxygen atoms in total. The summed E-state index contributed by atoms with van der Waals surface area (Å²) < 4.78 is 0. The zero-order chi connectivity index (χ0) is 15.5. The average Bonchev–Trinajstić information content (AvgIpc) is 2.47. The fraction of sp³-hybridized carbons (Fsp3) is 0.588. The number of hydrogen-bond donors (Lipinski definition) is 1. The second kappa shape index (κ2) is 6.37. The van der Waals surface area contributed by atoms with Gasteiger partial charge in [-0.2, -0.15) is 0 Å².